The third-order valence-corrected chi connectivity index (χ3v) is 1.27. The molecule has 0 atom stereocenters. The zero-order valence-electron chi connectivity index (χ0n) is 6.47. The normalized spacial score (nSPS) is 12.9. The number of carboxylic acid groups (broad SMARTS) is 1. The number of aliphatic carboxylic acids is 1. The summed E-state index contributed by atoms with van der Waals surface area (Å²) >= 11 is 2.91. The molecular formula is C8H8BrFO2. The van der Waals surface area contributed by atoms with Crippen LogP contribution in [0.15, 0.2) is 34.6 Å². The van der Waals surface area contributed by atoms with Crippen molar-refractivity contribution in [3.8, 4) is 0 Å². The lowest BCUT2D eigenvalue weighted by molar-refractivity contribution is -0.132. The quantitative estimate of drug-likeness (QED) is 0.603. The lowest BCUT2D eigenvalue weighted by Gasteiger charge is -1.96. The van der Waals surface area contributed by atoms with Crippen molar-refractivity contribution in [1.29, 1.82) is 0 Å². The molecule has 0 bridgehead atoms. The second-order valence-electron chi connectivity index (χ2n) is 1.95. The molecule has 0 aromatic carbocycles. The molecule has 0 aliphatic carbocycles. The average Bonchev–Trinajstić information content (AvgIpc) is 1.98. The second kappa shape index (κ2) is 4.87. The first-order valence-corrected chi connectivity index (χ1v) is 3.90. The number of halogens is 2. The fourth-order valence-electron chi connectivity index (χ4n) is 0.545. The Hall–Kier alpha value is -0.900. The van der Waals surface area contributed by atoms with Crippen molar-refractivity contribution in [3.05, 3.63) is 34.6 Å². The van der Waals surface area contributed by atoms with Crippen LogP contribution in [0, 0.1) is 0 Å². The Kier molecular flexibility index (Phi) is 4.51. The van der Waals surface area contributed by atoms with Gasteiger partial charge in [-0.25, -0.2) is 9.18 Å². The van der Waals surface area contributed by atoms with Crippen LogP contribution in [0.2, 0.25) is 0 Å². The first kappa shape index (κ1) is 11.1. The Morgan fingerprint density at radius 2 is 2.17 bits per heavy atom. The Labute approximate surface area is 78.2 Å². The summed E-state index contributed by atoms with van der Waals surface area (Å²) in [7, 11) is 0. The Bertz CT molecular complexity index is 266. The molecule has 0 aromatic heterocycles. The molecule has 0 spiro atoms. The molecular weight excluding hydrogens is 227 g/mol. The first-order chi connectivity index (χ1) is 5.49. The van der Waals surface area contributed by atoms with Crippen molar-refractivity contribution in [2.75, 3.05) is 0 Å². The maximum absolute atomic E-state index is 12.8. The van der Waals surface area contributed by atoms with Crippen LogP contribution in [0.4, 0.5) is 4.39 Å². The van der Waals surface area contributed by atoms with Crippen LogP contribution < -0.4 is 0 Å². The van der Waals surface area contributed by atoms with Gasteiger partial charge in [0.15, 0.2) is 0 Å². The minimum Gasteiger partial charge on any atom is -0.478 e. The van der Waals surface area contributed by atoms with Gasteiger partial charge in [0.25, 0.3) is 0 Å². The fraction of sp³-hybridized carbons (Fsp3) is 0.125. The van der Waals surface area contributed by atoms with Gasteiger partial charge in [0.05, 0.1) is 5.57 Å². The third kappa shape index (κ3) is 3.48. The lowest BCUT2D eigenvalue weighted by Crippen LogP contribution is -2.00. The van der Waals surface area contributed by atoms with Crippen LogP contribution in [0.5, 0.6) is 0 Å². The number of hydrogen-bond donors (Lipinski definition) is 1. The van der Waals surface area contributed by atoms with E-state index in [1.54, 1.807) is 0 Å². The van der Waals surface area contributed by atoms with E-state index in [1.807, 2.05) is 0 Å². The van der Waals surface area contributed by atoms with Crippen LogP contribution in [-0.4, -0.2) is 11.1 Å². The Morgan fingerprint density at radius 3 is 2.42 bits per heavy atom. The average molecular weight is 235 g/mol. The highest BCUT2D eigenvalue weighted by Gasteiger charge is 2.11. The van der Waals surface area contributed by atoms with Crippen molar-refractivity contribution >= 4 is 21.9 Å². The molecule has 66 valence electrons. The maximum Gasteiger partial charge on any atom is 0.338 e. The molecule has 0 amide bonds. The van der Waals surface area contributed by atoms with E-state index in [4.69, 9.17) is 5.11 Å². The molecule has 0 aromatic rings. The number of allylic oxidation sites excluding steroid dienone is 3. The molecule has 0 aliphatic rings. The van der Waals surface area contributed by atoms with E-state index < -0.39 is 17.4 Å². The number of carboxylic acids is 1. The van der Waals surface area contributed by atoms with Crippen LogP contribution in [-0.2, 0) is 4.79 Å². The predicted molar refractivity (Wildman–Crippen MR) is 48.7 cm³/mol. The van der Waals surface area contributed by atoms with Gasteiger partial charge in [-0.3, -0.25) is 0 Å². The molecule has 0 unspecified atom stereocenters. The molecule has 0 rings (SSSR count). The van der Waals surface area contributed by atoms with Crippen molar-refractivity contribution in [2.24, 2.45) is 0 Å². The van der Waals surface area contributed by atoms with E-state index in [-0.39, 0.29) is 0 Å². The minimum atomic E-state index is -1.31. The Morgan fingerprint density at radius 1 is 1.67 bits per heavy atom. The molecule has 4 heteroatoms. The molecule has 0 fully saturated rings. The van der Waals surface area contributed by atoms with Gasteiger partial charge in [-0.15, -0.1) is 0 Å². The highest BCUT2D eigenvalue weighted by atomic mass is 79.9. The smallest absolute Gasteiger partial charge is 0.338 e. The van der Waals surface area contributed by atoms with Gasteiger partial charge in [0, 0.05) is 4.48 Å². The molecule has 2 nitrogen and oxygen atoms in total. The van der Waals surface area contributed by atoms with Crippen molar-refractivity contribution in [3.63, 3.8) is 0 Å². The summed E-state index contributed by atoms with van der Waals surface area (Å²) in [6, 6.07) is 0. The van der Waals surface area contributed by atoms with Gasteiger partial charge in [0.2, 0.25) is 0 Å². The van der Waals surface area contributed by atoms with E-state index >= 15 is 0 Å². The zero-order chi connectivity index (χ0) is 9.72. The number of rotatable bonds is 3. The molecule has 12 heavy (non-hydrogen) atoms. The van der Waals surface area contributed by atoms with Gasteiger partial charge in [-0.1, -0.05) is 28.6 Å². The van der Waals surface area contributed by atoms with Gasteiger partial charge in [-0.05, 0) is 13.0 Å². The van der Waals surface area contributed by atoms with E-state index in [1.165, 1.54) is 6.92 Å². The summed E-state index contributed by atoms with van der Waals surface area (Å²) < 4.78 is 13.1. The summed E-state index contributed by atoms with van der Waals surface area (Å²) in [5.74, 6) is -2.09. The van der Waals surface area contributed by atoms with Gasteiger partial charge < -0.3 is 5.11 Å². The molecule has 0 saturated carbocycles. The first-order valence-electron chi connectivity index (χ1n) is 3.10. The summed E-state index contributed by atoms with van der Waals surface area (Å²) in [6.07, 6.45) is 2.19. The van der Waals surface area contributed by atoms with Crippen LogP contribution in [0.25, 0.3) is 0 Å². The molecule has 0 radical (unpaired) electrons. The number of hydrogen-bond acceptors (Lipinski definition) is 1. The second-order valence-corrected chi connectivity index (χ2v) is 2.97. The van der Waals surface area contributed by atoms with Gasteiger partial charge >= 0.3 is 5.97 Å². The van der Waals surface area contributed by atoms with E-state index in [0.29, 0.717) is 4.48 Å². The molecule has 1 N–H and O–H groups in total. The van der Waals surface area contributed by atoms with Crippen LogP contribution in [0.1, 0.15) is 6.92 Å². The largest absolute Gasteiger partial charge is 0.478 e. The summed E-state index contributed by atoms with van der Waals surface area (Å²) in [4.78, 5) is 10.4. The molecule has 0 heterocycles. The summed E-state index contributed by atoms with van der Waals surface area (Å²) in [5.41, 5.74) is -0.403. The topological polar surface area (TPSA) is 37.3 Å². The van der Waals surface area contributed by atoms with Crippen molar-refractivity contribution in [1.82, 2.24) is 0 Å². The maximum atomic E-state index is 12.8. The molecule has 0 saturated heterocycles. The zero-order valence-corrected chi connectivity index (χ0v) is 8.06. The van der Waals surface area contributed by atoms with Crippen molar-refractivity contribution in [2.45, 2.75) is 6.92 Å². The highest BCUT2D eigenvalue weighted by molar-refractivity contribution is 9.11. The van der Waals surface area contributed by atoms with Crippen LogP contribution in [0.3, 0.4) is 0 Å². The fourth-order valence-corrected chi connectivity index (χ4v) is 0.774. The van der Waals surface area contributed by atoms with Gasteiger partial charge in [0.1, 0.15) is 5.83 Å². The minimum absolute atomic E-state index is 0.317. The standard InChI is InChI=1S/C8H8BrFO2/c1-3-7(10)6(8(11)12)4-5(2)9/h3-4H,2H2,1H3,(H,11,12)/b6-4+,7-3+. The third-order valence-electron chi connectivity index (χ3n) is 1.04. The van der Waals surface area contributed by atoms with Crippen molar-refractivity contribution < 1.29 is 14.3 Å². The lowest BCUT2D eigenvalue weighted by atomic mass is 10.2. The van der Waals surface area contributed by atoms with Crippen LogP contribution >= 0.6 is 15.9 Å². The number of carbonyl (C=O) groups is 1. The monoisotopic (exact) mass is 234 g/mol. The van der Waals surface area contributed by atoms with E-state index in [0.717, 1.165) is 12.2 Å². The SMILES string of the molecule is C=C(Br)/C=C(C(=O)O)\C(F)=C/C. The summed E-state index contributed by atoms with van der Waals surface area (Å²) in [6.45, 7) is 4.80. The summed E-state index contributed by atoms with van der Waals surface area (Å²) in [5, 5.41) is 8.51. The Balaban J connectivity index is 4.93. The van der Waals surface area contributed by atoms with E-state index in [2.05, 4.69) is 22.5 Å². The van der Waals surface area contributed by atoms with E-state index in [9.17, 15) is 9.18 Å². The highest BCUT2D eigenvalue weighted by Crippen LogP contribution is 2.16. The molecule has 0 aliphatic heterocycles. The predicted octanol–water partition coefficient (Wildman–Crippen LogP) is 2.78. The van der Waals surface area contributed by atoms with Gasteiger partial charge in [-0.2, -0.15) is 0 Å².